The second kappa shape index (κ2) is 4.52. The van der Waals surface area contributed by atoms with Gasteiger partial charge in [-0.15, -0.1) is 0 Å². The van der Waals surface area contributed by atoms with Crippen molar-refractivity contribution in [2.75, 3.05) is 13.1 Å². The summed E-state index contributed by atoms with van der Waals surface area (Å²) in [6.07, 6.45) is 5.31. The Morgan fingerprint density at radius 1 is 1.33 bits per heavy atom. The Morgan fingerprint density at radius 3 is 2.40 bits per heavy atom. The van der Waals surface area contributed by atoms with Crippen molar-refractivity contribution in [3.8, 4) is 0 Å². The Morgan fingerprint density at radius 2 is 1.93 bits per heavy atom. The van der Waals surface area contributed by atoms with Crippen LogP contribution in [0.3, 0.4) is 0 Å². The van der Waals surface area contributed by atoms with Gasteiger partial charge < -0.3 is 10.0 Å². The number of aliphatic carboxylic acids is 1. The number of rotatable bonds is 4. The van der Waals surface area contributed by atoms with Gasteiger partial charge in [-0.1, -0.05) is 0 Å². The van der Waals surface area contributed by atoms with Crippen LogP contribution in [0.15, 0.2) is 0 Å². The molecule has 86 valence electrons. The van der Waals surface area contributed by atoms with E-state index in [0.29, 0.717) is 12.3 Å². The lowest BCUT2D eigenvalue weighted by atomic mass is 9.92. The van der Waals surface area contributed by atoms with Crippen LogP contribution in [0.1, 0.15) is 39.0 Å². The zero-order valence-electron chi connectivity index (χ0n) is 9.48. The first-order valence-electron chi connectivity index (χ1n) is 6.12. The Kier molecular flexibility index (Phi) is 3.29. The molecule has 1 unspecified atom stereocenters. The zero-order valence-corrected chi connectivity index (χ0v) is 9.48. The minimum absolute atomic E-state index is 0.367. The molecule has 1 N–H and O–H groups in total. The highest BCUT2D eigenvalue weighted by atomic mass is 16.4. The maximum atomic E-state index is 10.6. The highest BCUT2D eigenvalue weighted by molar-refractivity contribution is 5.67. The predicted octanol–water partition coefficient (Wildman–Crippen LogP) is 1.97. The van der Waals surface area contributed by atoms with Crippen LogP contribution < -0.4 is 0 Å². The summed E-state index contributed by atoms with van der Waals surface area (Å²) in [6.45, 7) is 4.54. The summed E-state index contributed by atoms with van der Waals surface area (Å²) in [4.78, 5) is 13.1. The van der Waals surface area contributed by atoms with Crippen LogP contribution in [0.4, 0.5) is 0 Å². The van der Waals surface area contributed by atoms with E-state index < -0.39 is 5.97 Å². The van der Waals surface area contributed by atoms with Crippen molar-refractivity contribution in [1.29, 1.82) is 0 Å². The molecule has 2 rings (SSSR count). The molecule has 0 spiro atoms. The number of hydrogen-bond acceptors (Lipinski definition) is 2. The molecule has 1 aliphatic heterocycles. The third-order valence-electron chi connectivity index (χ3n) is 3.99. The second-order valence-electron chi connectivity index (χ2n) is 5.16. The molecule has 0 radical (unpaired) electrons. The molecule has 1 saturated heterocycles. The van der Waals surface area contributed by atoms with Gasteiger partial charge in [0.1, 0.15) is 0 Å². The fraction of sp³-hybridized carbons (Fsp3) is 0.917. The third-order valence-corrected chi connectivity index (χ3v) is 3.99. The first-order chi connectivity index (χ1) is 7.16. The van der Waals surface area contributed by atoms with Gasteiger partial charge in [0.2, 0.25) is 0 Å². The van der Waals surface area contributed by atoms with E-state index in [1.807, 2.05) is 0 Å². The van der Waals surface area contributed by atoms with E-state index >= 15 is 0 Å². The van der Waals surface area contributed by atoms with Gasteiger partial charge in [-0.25, -0.2) is 0 Å². The lowest BCUT2D eigenvalue weighted by Crippen LogP contribution is -2.41. The van der Waals surface area contributed by atoms with Crippen LogP contribution in [0.25, 0.3) is 0 Å². The quantitative estimate of drug-likeness (QED) is 0.773. The van der Waals surface area contributed by atoms with Crippen LogP contribution >= 0.6 is 0 Å². The van der Waals surface area contributed by atoms with E-state index in [1.165, 1.54) is 12.8 Å². The van der Waals surface area contributed by atoms with Crippen LogP contribution in [0, 0.1) is 11.8 Å². The molecule has 3 nitrogen and oxygen atoms in total. The largest absolute Gasteiger partial charge is 0.481 e. The van der Waals surface area contributed by atoms with Gasteiger partial charge in [0.15, 0.2) is 0 Å². The Bertz CT molecular complexity index is 230. The molecule has 2 fully saturated rings. The molecule has 0 aromatic carbocycles. The number of carboxylic acids is 1. The van der Waals surface area contributed by atoms with Gasteiger partial charge in [-0.3, -0.25) is 4.79 Å². The van der Waals surface area contributed by atoms with E-state index in [1.54, 1.807) is 0 Å². The fourth-order valence-electron chi connectivity index (χ4n) is 2.69. The van der Waals surface area contributed by atoms with Crippen LogP contribution in [-0.4, -0.2) is 35.1 Å². The number of piperidine rings is 1. The van der Waals surface area contributed by atoms with Gasteiger partial charge in [0.05, 0.1) is 0 Å². The van der Waals surface area contributed by atoms with Gasteiger partial charge in [-0.2, -0.15) is 0 Å². The van der Waals surface area contributed by atoms with Gasteiger partial charge >= 0.3 is 5.97 Å². The molecule has 1 saturated carbocycles. The molecular weight excluding hydrogens is 190 g/mol. The van der Waals surface area contributed by atoms with Crippen molar-refractivity contribution in [2.45, 2.75) is 45.1 Å². The Balaban J connectivity index is 1.73. The smallest absolute Gasteiger partial charge is 0.303 e. The average molecular weight is 211 g/mol. The molecule has 1 aliphatic carbocycles. The lowest BCUT2D eigenvalue weighted by molar-refractivity contribution is -0.138. The van der Waals surface area contributed by atoms with Crippen molar-refractivity contribution in [3.05, 3.63) is 0 Å². The number of carbonyl (C=O) groups is 1. The molecular formula is C12H21NO2. The number of likely N-dealkylation sites (tertiary alicyclic amines) is 1. The monoisotopic (exact) mass is 211 g/mol. The van der Waals surface area contributed by atoms with Crippen molar-refractivity contribution in [1.82, 2.24) is 4.90 Å². The van der Waals surface area contributed by atoms with Crippen LogP contribution in [0.5, 0.6) is 0 Å². The summed E-state index contributed by atoms with van der Waals surface area (Å²) in [5.41, 5.74) is 0. The number of hydrogen-bond donors (Lipinski definition) is 1. The first kappa shape index (κ1) is 10.9. The highest BCUT2D eigenvalue weighted by Gasteiger charge is 2.33. The van der Waals surface area contributed by atoms with E-state index in [0.717, 1.165) is 37.9 Å². The summed E-state index contributed by atoms with van der Waals surface area (Å²) in [6, 6.07) is 0.732. The molecule has 0 aromatic heterocycles. The fourth-order valence-corrected chi connectivity index (χ4v) is 2.69. The van der Waals surface area contributed by atoms with Gasteiger partial charge in [0, 0.05) is 12.5 Å². The van der Waals surface area contributed by atoms with Crippen molar-refractivity contribution < 1.29 is 9.90 Å². The molecule has 2 aliphatic rings. The van der Waals surface area contributed by atoms with Gasteiger partial charge in [-0.05, 0) is 57.5 Å². The summed E-state index contributed by atoms with van der Waals surface area (Å²) in [7, 11) is 0. The van der Waals surface area contributed by atoms with E-state index in [9.17, 15) is 4.79 Å². The second-order valence-corrected chi connectivity index (χ2v) is 5.16. The van der Waals surface area contributed by atoms with E-state index in [-0.39, 0.29) is 0 Å². The standard InChI is InChI=1S/C12H21NO2/c1-9(11-2-3-11)13-6-4-10(5-7-13)8-12(14)15/h9-11H,2-8H2,1H3,(H,14,15). The highest BCUT2D eigenvalue weighted by Crippen LogP contribution is 2.36. The summed E-state index contributed by atoms with van der Waals surface area (Å²) in [5.74, 6) is 0.717. The van der Waals surface area contributed by atoms with Crippen molar-refractivity contribution in [3.63, 3.8) is 0 Å². The van der Waals surface area contributed by atoms with Crippen molar-refractivity contribution in [2.24, 2.45) is 11.8 Å². The predicted molar refractivity (Wildman–Crippen MR) is 58.7 cm³/mol. The van der Waals surface area contributed by atoms with Crippen LogP contribution in [0.2, 0.25) is 0 Å². The zero-order chi connectivity index (χ0) is 10.8. The topological polar surface area (TPSA) is 40.5 Å². The normalized spacial score (nSPS) is 26.5. The Hall–Kier alpha value is -0.570. The maximum absolute atomic E-state index is 10.6. The molecule has 15 heavy (non-hydrogen) atoms. The lowest BCUT2D eigenvalue weighted by Gasteiger charge is -2.35. The summed E-state index contributed by atoms with van der Waals surface area (Å²) < 4.78 is 0. The molecule has 1 atom stereocenters. The molecule has 0 bridgehead atoms. The first-order valence-corrected chi connectivity index (χ1v) is 6.12. The molecule has 3 heteroatoms. The minimum atomic E-state index is -0.635. The SMILES string of the molecule is CC(C1CC1)N1CCC(CC(=O)O)CC1. The third kappa shape index (κ3) is 2.94. The molecule has 1 heterocycles. The minimum Gasteiger partial charge on any atom is -0.481 e. The molecule has 0 aromatic rings. The number of carboxylic acid groups (broad SMARTS) is 1. The average Bonchev–Trinajstić information content (AvgIpc) is 3.00. The molecule has 0 amide bonds. The van der Waals surface area contributed by atoms with E-state index in [4.69, 9.17) is 5.11 Å². The van der Waals surface area contributed by atoms with Crippen LogP contribution in [-0.2, 0) is 4.79 Å². The summed E-state index contributed by atoms with van der Waals surface area (Å²) >= 11 is 0. The van der Waals surface area contributed by atoms with Gasteiger partial charge in [0.25, 0.3) is 0 Å². The number of nitrogens with zero attached hydrogens (tertiary/aromatic N) is 1. The summed E-state index contributed by atoms with van der Waals surface area (Å²) in [5, 5.41) is 8.73. The Labute approximate surface area is 91.5 Å². The maximum Gasteiger partial charge on any atom is 0.303 e. The van der Waals surface area contributed by atoms with Crippen molar-refractivity contribution >= 4 is 5.97 Å². The van der Waals surface area contributed by atoms with E-state index in [2.05, 4.69) is 11.8 Å².